The number of carboxylic acids is 1. The monoisotopic (exact) mass is 849 g/mol. The molecular formula is C46H55ClF3N5O5. The lowest BCUT2D eigenvalue weighted by molar-refractivity contribution is -0.144. The zero-order valence-electron chi connectivity index (χ0n) is 34.6. The molecule has 0 amide bonds. The highest BCUT2D eigenvalue weighted by molar-refractivity contribution is 6.30. The maximum absolute atomic E-state index is 13.2. The third kappa shape index (κ3) is 8.93. The Bertz CT molecular complexity index is 2170. The summed E-state index contributed by atoms with van der Waals surface area (Å²) in [7, 11) is 1.87. The zero-order chi connectivity index (χ0) is 42.2. The van der Waals surface area contributed by atoms with Crippen LogP contribution in [0.5, 0.6) is 17.2 Å². The molecule has 0 saturated heterocycles. The van der Waals surface area contributed by atoms with Gasteiger partial charge in [-0.3, -0.25) is 14.6 Å². The molecule has 0 bridgehead atoms. The second-order valence-corrected chi connectivity index (χ2v) is 18.3. The number of carboxylic acid groups (broad SMARTS) is 1. The van der Waals surface area contributed by atoms with Crippen molar-refractivity contribution in [3.8, 4) is 17.2 Å². The topological polar surface area (TPSA) is 111 Å². The summed E-state index contributed by atoms with van der Waals surface area (Å²) >= 11 is 6.32. The van der Waals surface area contributed by atoms with E-state index in [1.54, 1.807) is 18.2 Å². The fraction of sp³-hybridized carbons (Fsp3) is 0.543. The van der Waals surface area contributed by atoms with Crippen LogP contribution in [-0.4, -0.2) is 75.4 Å². The molecule has 10 nitrogen and oxygen atoms in total. The normalized spacial score (nSPS) is 25.4. The van der Waals surface area contributed by atoms with E-state index in [9.17, 15) is 23.1 Å². The van der Waals surface area contributed by atoms with Gasteiger partial charge in [0.2, 0.25) is 0 Å². The predicted octanol–water partition coefficient (Wildman–Crippen LogP) is 9.62. The van der Waals surface area contributed by atoms with Crippen LogP contribution < -0.4 is 19.5 Å². The molecular weight excluding hydrogens is 795 g/mol. The van der Waals surface area contributed by atoms with Crippen molar-refractivity contribution >= 4 is 23.3 Å². The van der Waals surface area contributed by atoms with E-state index in [0.717, 1.165) is 48.2 Å². The number of hydrogen-bond acceptors (Lipinski definition) is 8. The number of rotatable bonds is 13. The van der Waals surface area contributed by atoms with Crippen molar-refractivity contribution in [1.82, 2.24) is 19.7 Å². The van der Waals surface area contributed by atoms with Crippen LogP contribution in [0.25, 0.3) is 0 Å². The number of nitrogens with zero attached hydrogens (tertiary/aromatic N) is 4. The van der Waals surface area contributed by atoms with Gasteiger partial charge in [0.05, 0.1) is 18.9 Å². The molecule has 8 rings (SSSR count). The molecule has 1 aliphatic heterocycles. The number of aliphatic carboxylic acids is 1. The number of anilines is 1. The molecule has 1 fully saturated rings. The Morgan fingerprint density at radius 3 is 2.70 bits per heavy atom. The van der Waals surface area contributed by atoms with Gasteiger partial charge in [-0.15, -0.1) is 0 Å². The minimum Gasteiger partial charge on any atom is -0.493 e. The average Bonchev–Trinajstić information content (AvgIpc) is 3.66. The number of likely N-dealkylation sites (N-methyl/N-ethyl adjacent to an activating group) is 1. The summed E-state index contributed by atoms with van der Waals surface area (Å²) in [6.07, 6.45) is 6.35. The quantitative estimate of drug-likeness (QED) is 0.136. The second kappa shape index (κ2) is 17.1. The Hall–Kier alpha value is -4.49. The molecule has 0 unspecified atom stereocenters. The van der Waals surface area contributed by atoms with E-state index in [2.05, 4.69) is 41.4 Å². The van der Waals surface area contributed by atoms with Gasteiger partial charge in [0.1, 0.15) is 23.9 Å². The SMILES string of the molecule is C[C@@H](COc1ccnc2c1[C@H](C)CCC2)C[C@H]1Cc2cc3c(cc2C12CCC(Nc1cccc(Cl)c1)(C(=O)O)CC2)O[C@@H](CN(C)Cc1ccnn1CC(F)(F)F)CCO3. The van der Waals surface area contributed by atoms with Crippen molar-refractivity contribution in [1.29, 1.82) is 0 Å². The number of fused-ring (bicyclic) bond motifs is 4. The molecule has 2 aromatic heterocycles. The number of aryl methyl sites for hydroxylation is 1. The third-order valence-electron chi connectivity index (χ3n) is 13.4. The van der Waals surface area contributed by atoms with Gasteiger partial charge in [-0.1, -0.05) is 31.5 Å². The number of ether oxygens (including phenoxy) is 3. The number of pyridine rings is 1. The highest BCUT2D eigenvalue weighted by Gasteiger charge is 2.54. The van der Waals surface area contributed by atoms with Gasteiger partial charge in [0.25, 0.3) is 0 Å². The Morgan fingerprint density at radius 1 is 1.12 bits per heavy atom. The summed E-state index contributed by atoms with van der Waals surface area (Å²) in [5, 5.41) is 18.6. The van der Waals surface area contributed by atoms with Crippen LogP contribution in [0.3, 0.4) is 0 Å². The Labute approximate surface area is 354 Å². The number of aromatic nitrogens is 3. The minimum atomic E-state index is -4.37. The van der Waals surface area contributed by atoms with Crippen molar-refractivity contribution in [3.05, 3.63) is 94.0 Å². The molecule has 2 aromatic carbocycles. The summed E-state index contributed by atoms with van der Waals surface area (Å²) in [6.45, 7) is 5.11. The molecule has 60 heavy (non-hydrogen) atoms. The van der Waals surface area contributed by atoms with Crippen molar-refractivity contribution in [2.45, 2.75) is 120 Å². The molecule has 4 aromatic rings. The molecule has 3 heterocycles. The highest BCUT2D eigenvalue weighted by Crippen LogP contribution is 2.58. The fourth-order valence-corrected chi connectivity index (χ4v) is 10.7. The second-order valence-electron chi connectivity index (χ2n) is 17.8. The Morgan fingerprint density at radius 2 is 1.93 bits per heavy atom. The van der Waals surface area contributed by atoms with Crippen LogP contribution in [-0.2, 0) is 36.1 Å². The van der Waals surface area contributed by atoms with Crippen molar-refractivity contribution < 1.29 is 37.3 Å². The molecule has 2 N–H and O–H groups in total. The molecule has 1 spiro atoms. The van der Waals surface area contributed by atoms with Crippen molar-refractivity contribution in [2.75, 3.05) is 32.1 Å². The summed E-state index contributed by atoms with van der Waals surface area (Å²) in [6, 6.07) is 15.1. The maximum atomic E-state index is 13.2. The lowest BCUT2D eigenvalue weighted by Gasteiger charge is -2.47. The lowest BCUT2D eigenvalue weighted by Crippen LogP contribution is -2.53. The number of benzene rings is 2. The van der Waals surface area contributed by atoms with E-state index in [1.165, 1.54) is 22.9 Å². The van der Waals surface area contributed by atoms with Crippen molar-refractivity contribution in [2.24, 2.45) is 11.8 Å². The molecule has 14 heteroatoms. The van der Waals surface area contributed by atoms with E-state index in [0.29, 0.717) is 85.7 Å². The molecule has 0 radical (unpaired) electrons. The Balaban J connectivity index is 1.04. The number of nitrogens with one attached hydrogen (secondary N) is 1. The van der Waals surface area contributed by atoms with E-state index >= 15 is 0 Å². The number of hydrogen-bond donors (Lipinski definition) is 2. The maximum Gasteiger partial charge on any atom is 0.408 e. The van der Waals surface area contributed by atoms with Gasteiger partial charge >= 0.3 is 12.1 Å². The molecule has 4 aliphatic rings. The number of alkyl halides is 3. The molecule has 4 atom stereocenters. The number of halogens is 4. The van der Waals surface area contributed by atoms with Crippen molar-refractivity contribution in [3.63, 3.8) is 0 Å². The highest BCUT2D eigenvalue weighted by atomic mass is 35.5. The largest absolute Gasteiger partial charge is 0.493 e. The molecule has 1 saturated carbocycles. The molecule has 322 valence electrons. The van der Waals surface area contributed by atoms with Gasteiger partial charge < -0.3 is 24.6 Å². The standard InChI is InChI=1S/C46H55ClF3N5O5/c1-29(27-59-39-11-17-51-38-9-4-6-30(2)42(38)39)20-32-21-31-22-40-41(60-36(12-19-58-40)26-54(3)25-35-10-18-52-55(35)28-46(48,49)50)24-37(31)44(32)13-15-45(16-14-44,43(56)57)53-34-8-5-7-33(47)23-34/h5,7-8,10-11,17-18,22-24,29-30,32,36,53H,4,6,9,12-16,19-21,25-28H2,1-3H3,(H,56,57)/t29-,30-,32+,36-,44?,45?/m1/s1. The first-order valence-corrected chi connectivity index (χ1v) is 21.7. The fourth-order valence-electron chi connectivity index (χ4n) is 10.5. The Kier molecular flexibility index (Phi) is 12.0. The van der Waals surface area contributed by atoms with Crippen LogP contribution >= 0.6 is 11.6 Å². The van der Waals surface area contributed by atoms with Gasteiger partial charge in [-0.2, -0.15) is 18.3 Å². The average molecular weight is 850 g/mol. The third-order valence-corrected chi connectivity index (χ3v) is 13.7. The van der Waals surface area contributed by atoms with Crippen LogP contribution in [0.4, 0.5) is 18.9 Å². The molecule has 3 aliphatic carbocycles. The summed E-state index contributed by atoms with van der Waals surface area (Å²) in [4.78, 5) is 19.8. The first kappa shape index (κ1) is 42.2. The van der Waals surface area contributed by atoms with Crippen LogP contribution in [0.2, 0.25) is 5.02 Å². The van der Waals surface area contributed by atoms with Gasteiger partial charge in [0, 0.05) is 53.9 Å². The predicted molar refractivity (Wildman–Crippen MR) is 223 cm³/mol. The van der Waals surface area contributed by atoms with Gasteiger partial charge in [-0.05, 0) is 142 Å². The number of carbonyl (C=O) groups is 1. The van der Waals surface area contributed by atoms with Gasteiger partial charge in [0.15, 0.2) is 11.5 Å². The summed E-state index contributed by atoms with van der Waals surface area (Å²) in [5.41, 5.74) is 4.45. The van der Waals surface area contributed by atoms with E-state index < -0.39 is 24.2 Å². The van der Waals surface area contributed by atoms with Crippen LogP contribution in [0, 0.1) is 11.8 Å². The van der Waals surface area contributed by atoms with E-state index in [-0.39, 0.29) is 29.9 Å². The first-order valence-electron chi connectivity index (χ1n) is 21.3. The summed E-state index contributed by atoms with van der Waals surface area (Å²) < 4.78 is 60.2. The minimum absolute atomic E-state index is 0.220. The zero-order valence-corrected chi connectivity index (χ0v) is 35.3. The van der Waals surface area contributed by atoms with E-state index in [1.807, 2.05) is 36.3 Å². The first-order chi connectivity index (χ1) is 28.7. The van der Waals surface area contributed by atoms with Gasteiger partial charge in [-0.25, -0.2) is 4.79 Å². The smallest absolute Gasteiger partial charge is 0.408 e. The van der Waals surface area contributed by atoms with Crippen LogP contribution in [0.15, 0.2) is 60.9 Å². The van der Waals surface area contributed by atoms with Crippen LogP contribution in [0.1, 0.15) is 99.2 Å². The lowest BCUT2D eigenvalue weighted by atomic mass is 9.59. The van der Waals surface area contributed by atoms with E-state index in [4.69, 9.17) is 25.8 Å². The summed E-state index contributed by atoms with van der Waals surface area (Å²) in [5.74, 6) is 2.24.